The van der Waals surface area contributed by atoms with E-state index in [0.717, 1.165) is 10.6 Å². The minimum absolute atomic E-state index is 0.241. The molecule has 0 saturated carbocycles. The van der Waals surface area contributed by atoms with Crippen LogP contribution in [0.2, 0.25) is 0 Å². The van der Waals surface area contributed by atoms with E-state index in [1.807, 2.05) is 4.57 Å². The molecule has 1 N–H and O–H groups in total. The Bertz CT molecular complexity index is 480. The van der Waals surface area contributed by atoms with Gasteiger partial charge in [-0.25, -0.2) is 0 Å². The summed E-state index contributed by atoms with van der Waals surface area (Å²) in [7, 11) is 0. The first kappa shape index (κ1) is 14.0. The maximum Gasteiger partial charge on any atom is 0.522 e. The van der Waals surface area contributed by atoms with Crippen LogP contribution in [0.4, 0.5) is 13.2 Å². The van der Waals surface area contributed by atoms with Gasteiger partial charge < -0.3 is 4.57 Å². The molecule has 18 heavy (non-hydrogen) atoms. The van der Waals surface area contributed by atoms with Gasteiger partial charge in [0, 0.05) is 29.3 Å². The summed E-state index contributed by atoms with van der Waals surface area (Å²) in [5, 5.41) is 7.80. The Labute approximate surface area is 112 Å². The number of hydrogen-bond donors (Lipinski definition) is 2. The minimum Gasteiger partial charge on any atom is -0.320 e. The van der Waals surface area contributed by atoms with Gasteiger partial charge in [0.15, 0.2) is 4.80 Å². The molecule has 102 valence electrons. The van der Waals surface area contributed by atoms with E-state index in [4.69, 9.17) is 5.41 Å². The van der Waals surface area contributed by atoms with Gasteiger partial charge in [0.2, 0.25) is 0 Å². The van der Waals surface area contributed by atoms with Gasteiger partial charge in [-0.3, -0.25) is 10.1 Å². The van der Waals surface area contributed by atoms with E-state index in [-0.39, 0.29) is 6.42 Å². The first-order valence-electron chi connectivity index (χ1n) is 5.52. The number of alkyl halides is 3. The molecule has 0 amide bonds. The molecule has 0 bridgehead atoms. The first-order valence-corrected chi connectivity index (χ1v) is 6.97. The zero-order valence-corrected chi connectivity index (χ0v) is 11.2. The molecular weight excluding hydrogens is 285 g/mol. The Morgan fingerprint density at radius 2 is 2.22 bits per heavy atom. The fourth-order valence-electron chi connectivity index (χ4n) is 2.17. The highest BCUT2D eigenvalue weighted by Crippen LogP contribution is 2.29. The Morgan fingerprint density at radius 1 is 1.50 bits per heavy atom. The number of ether oxygens (including phenoxy) is 1. The van der Waals surface area contributed by atoms with Crippen LogP contribution in [0.5, 0.6) is 0 Å². The number of hydrogen-bond acceptors (Lipinski definition) is 4. The van der Waals surface area contributed by atoms with Gasteiger partial charge in [-0.05, 0) is 12.8 Å². The second kappa shape index (κ2) is 5.26. The van der Waals surface area contributed by atoms with E-state index >= 15 is 0 Å². The molecule has 0 spiro atoms. The van der Waals surface area contributed by atoms with Crippen LogP contribution in [-0.4, -0.2) is 22.8 Å². The van der Waals surface area contributed by atoms with Crippen LogP contribution in [0.15, 0.2) is 0 Å². The summed E-state index contributed by atoms with van der Waals surface area (Å²) < 4.78 is 42.3. The summed E-state index contributed by atoms with van der Waals surface area (Å²) >= 11 is 5.36. The van der Waals surface area contributed by atoms with E-state index in [0.29, 0.717) is 29.9 Å². The zero-order valence-electron chi connectivity index (χ0n) is 9.46. The topological polar surface area (TPSA) is 38.0 Å². The lowest BCUT2D eigenvalue weighted by molar-refractivity contribution is -0.343. The van der Waals surface area contributed by atoms with Crippen molar-refractivity contribution in [3.05, 3.63) is 15.4 Å². The lowest BCUT2D eigenvalue weighted by Gasteiger charge is -2.24. The molecule has 1 aromatic heterocycles. The highest BCUT2D eigenvalue weighted by atomic mass is 32.1. The average molecular weight is 298 g/mol. The molecule has 0 saturated heterocycles. The average Bonchev–Trinajstić information content (AvgIpc) is 2.53. The number of halogens is 3. The number of fused-ring (bicyclic) bond motifs is 1. The van der Waals surface area contributed by atoms with Crippen molar-refractivity contribution in [2.24, 2.45) is 0 Å². The van der Waals surface area contributed by atoms with Crippen molar-refractivity contribution in [2.75, 3.05) is 5.75 Å². The van der Waals surface area contributed by atoms with Crippen LogP contribution >= 0.6 is 24.0 Å². The second-order valence-corrected chi connectivity index (χ2v) is 5.61. The maximum atomic E-state index is 12.2. The van der Waals surface area contributed by atoms with Crippen LogP contribution in [0.25, 0.3) is 0 Å². The molecule has 2 rings (SSSR count). The normalized spacial score (nSPS) is 19.9. The molecule has 1 heterocycles. The van der Waals surface area contributed by atoms with Crippen molar-refractivity contribution < 1.29 is 17.9 Å². The predicted molar refractivity (Wildman–Crippen MR) is 65.0 cm³/mol. The minimum atomic E-state index is -4.58. The number of thiol groups is 1. The largest absolute Gasteiger partial charge is 0.522 e. The summed E-state index contributed by atoms with van der Waals surface area (Å²) in [6, 6.07) is 0. The third-order valence-corrected chi connectivity index (χ3v) is 4.12. The maximum absolute atomic E-state index is 12.2. The molecule has 0 radical (unpaired) electrons. The van der Waals surface area contributed by atoms with Crippen LogP contribution < -0.4 is 4.80 Å². The number of thiazole rings is 1. The van der Waals surface area contributed by atoms with Crippen molar-refractivity contribution in [3.63, 3.8) is 0 Å². The van der Waals surface area contributed by atoms with Gasteiger partial charge in [-0.15, -0.1) is 24.5 Å². The fourth-order valence-corrected chi connectivity index (χ4v) is 3.51. The third-order valence-electron chi connectivity index (χ3n) is 2.85. The van der Waals surface area contributed by atoms with Gasteiger partial charge in [0.1, 0.15) is 0 Å². The lowest BCUT2D eigenvalue weighted by atomic mass is 10.00. The van der Waals surface area contributed by atoms with Crippen molar-refractivity contribution in [2.45, 2.75) is 38.3 Å². The highest BCUT2D eigenvalue weighted by molar-refractivity contribution is 7.80. The molecule has 1 aliphatic rings. The molecule has 8 heteroatoms. The van der Waals surface area contributed by atoms with Crippen LogP contribution in [0, 0.1) is 5.41 Å². The van der Waals surface area contributed by atoms with Crippen LogP contribution in [-0.2, 0) is 24.1 Å². The van der Waals surface area contributed by atoms with Crippen molar-refractivity contribution in [1.29, 1.82) is 5.41 Å². The van der Waals surface area contributed by atoms with E-state index in [1.54, 1.807) is 0 Å². The standard InChI is InChI=1S/C10H13F3N2OS2/c11-10(12,13)16-6-1-2-7-8(5-6)18-9(14)15(7)3-4-17/h6,14,17H,1-5H2. The van der Waals surface area contributed by atoms with Gasteiger partial charge >= 0.3 is 6.36 Å². The molecule has 0 fully saturated rings. The van der Waals surface area contributed by atoms with E-state index in [9.17, 15) is 13.2 Å². The number of rotatable bonds is 3. The van der Waals surface area contributed by atoms with Gasteiger partial charge in [0.05, 0.1) is 6.10 Å². The predicted octanol–water partition coefficient (Wildman–Crippen LogP) is 2.35. The van der Waals surface area contributed by atoms with Crippen molar-refractivity contribution in [1.82, 2.24) is 4.57 Å². The Morgan fingerprint density at radius 3 is 2.83 bits per heavy atom. The van der Waals surface area contributed by atoms with Gasteiger partial charge in [0.25, 0.3) is 0 Å². The Kier molecular flexibility index (Phi) is 4.08. The van der Waals surface area contributed by atoms with Crippen LogP contribution in [0.1, 0.15) is 17.0 Å². The molecule has 1 unspecified atom stereocenters. The van der Waals surface area contributed by atoms with Crippen molar-refractivity contribution >= 4 is 24.0 Å². The first-order chi connectivity index (χ1) is 8.40. The molecule has 1 aliphatic carbocycles. The highest BCUT2D eigenvalue weighted by Gasteiger charge is 2.35. The Hall–Kier alpha value is -0.470. The summed E-state index contributed by atoms with van der Waals surface area (Å²) in [6.45, 7) is 0.624. The molecule has 0 aliphatic heterocycles. The summed E-state index contributed by atoms with van der Waals surface area (Å²) in [5.74, 6) is 0.613. The van der Waals surface area contributed by atoms with Gasteiger partial charge in [-0.1, -0.05) is 0 Å². The summed E-state index contributed by atoms with van der Waals surface area (Å²) in [6.07, 6.45) is -4.29. The number of nitrogens with zero attached hydrogens (tertiary/aromatic N) is 1. The SMILES string of the molecule is N=c1sc2c(n1CCS)CCC(OC(F)(F)F)C2. The van der Waals surface area contributed by atoms with Gasteiger partial charge in [-0.2, -0.15) is 12.6 Å². The monoisotopic (exact) mass is 298 g/mol. The molecule has 1 aromatic rings. The second-order valence-electron chi connectivity index (χ2n) is 4.08. The molecule has 0 aromatic carbocycles. The van der Waals surface area contributed by atoms with E-state index in [1.165, 1.54) is 11.3 Å². The summed E-state index contributed by atoms with van der Waals surface area (Å²) in [4.78, 5) is 1.21. The molecular formula is C10H13F3N2OS2. The van der Waals surface area contributed by atoms with Crippen LogP contribution in [0.3, 0.4) is 0 Å². The third kappa shape index (κ3) is 3.10. The zero-order chi connectivity index (χ0) is 13.3. The van der Waals surface area contributed by atoms with E-state index in [2.05, 4.69) is 17.4 Å². The Balaban J connectivity index is 2.16. The number of nitrogens with one attached hydrogen (secondary N) is 1. The lowest BCUT2D eigenvalue weighted by Crippen LogP contribution is -2.29. The molecule has 1 atom stereocenters. The van der Waals surface area contributed by atoms with Crippen molar-refractivity contribution in [3.8, 4) is 0 Å². The number of aromatic nitrogens is 1. The quantitative estimate of drug-likeness (QED) is 0.826. The smallest absolute Gasteiger partial charge is 0.320 e. The summed E-state index contributed by atoms with van der Waals surface area (Å²) in [5.41, 5.74) is 0.973. The fraction of sp³-hybridized carbons (Fsp3) is 0.700. The van der Waals surface area contributed by atoms with E-state index < -0.39 is 12.5 Å². The molecule has 3 nitrogen and oxygen atoms in total.